The van der Waals surface area contributed by atoms with Gasteiger partial charge < -0.3 is 15.6 Å². The van der Waals surface area contributed by atoms with Crippen LogP contribution in [0.4, 0.5) is 0 Å². The van der Waals surface area contributed by atoms with Gasteiger partial charge in [0.25, 0.3) is 0 Å². The summed E-state index contributed by atoms with van der Waals surface area (Å²) in [6, 6.07) is 0. The Kier molecular flexibility index (Phi) is 3.74. The van der Waals surface area contributed by atoms with Gasteiger partial charge in [0.05, 0.1) is 12.3 Å². The first-order chi connectivity index (χ1) is 6.72. The monoisotopic (exact) mass is 213 g/mol. The summed E-state index contributed by atoms with van der Waals surface area (Å²) in [5.41, 5.74) is 9.92. The lowest BCUT2D eigenvalue weighted by molar-refractivity contribution is -0.00735. The van der Waals surface area contributed by atoms with E-state index in [-0.39, 0.29) is 0 Å². The van der Waals surface area contributed by atoms with E-state index in [1.54, 1.807) is 13.1 Å². The second kappa shape index (κ2) is 4.84. The van der Waals surface area contributed by atoms with E-state index in [4.69, 9.17) is 21.9 Å². The van der Waals surface area contributed by atoms with E-state index in [1.807, 2.05) is 6.92 Å². The molecule has 0 radical (unpaired) electrons. The molecule has 76 valence electrons. The van der Waals surface area contributed by atoms with E-state index in [2.05, 4.69) is 10.1 Å². The molecule has 0 saturated heterocycles. The van der Waals surface area contributed by atoms with Gasteiger partial charge in [0.2, 0.25) is 0 Å². The Morgan fingerprint density at radius 2 is 2.43 bits per heavy atom. The fourth-order valence-corrected chi connectivity index (χ4v) is 1.43. The summed E-state index contributed by atoms with van der Waals surface area (Å²) in [5.74, 6) is 0.743. The number of allylic oxidation sites excluding steroid dienone is 3. The van der Waals surface area contributed by atoms with Crippen LogP contribution in [0.25, 0.3) is 5.53 Å². The maximum atomic E-state index is 8.67. The van der Waals surface area contributed by atoms with Gasteiger partial charge in [0, 0.05) is 7.05 Å². The highest BCUT2D eigenvalue weighted by Crippen LogP contribution is 2.22. The molecule has 4 nitrogen and oxygen atoms in total. The summed E-state index contributed by atoms with van der Waals surface area (Å²) < 4.78 is 5.39. The topological polar surface area (TPSA) is 57.7 Å². The van der Waals surface area contributed by atoms with Crippen LogP contribution in [0.1, 0.15) is 13.3 Å². The number of nitrogens with zero attached hydrogens (tertiary/aromatic N) is 2. The second-order valence-corrected chi connectivity index (χ2v) is 3.14. The van der Waals surface area contributed by atoms with Gasteiger partial charge in [0.15, 0.2) is 0 Å². The van der Waals surface area contributed by atoms with E-state index in [9.17, 15) is 0 Å². The van der Waals surface area contributed by atoms with Crippen LogP contribution in [0.3, 0.4) is 0 Å². The molecular formula is C9H12ClN3O. The van der Waals surface area contributed by atoms with Crippen molar-refractivity contribution in [1.29, 1.82) is 0 Å². The van der Waals surface area contributed by atoms with Gasteiger partial charge >= 0.3 is 5.71 Å². The highest BCUT2D eigenvalue weighted by Gasteiger charge is 2.24. The van der Waals surface area contributed by atoms with Gasteiger partial charge in [-0.25, -0.2) is 0 Å². The minimum atomic E-state index is 0.413. The number of nitrogens with one attached hydrogen (secondary N) is 1. The first-order valence-electron chi connectivity index (χ1n) is 4.35. The van der Waals surface area contributed by atoms with Crippen molar-refractivity contribution in [2.75, 3.05) is 13.7 Å². The lowest BCUT2D eigenvalue weighted by Gasteiger charge is -2.14. The molecule has 1 rings (SSSR count). The highest BCUT2D eigenvalue weighted by molar-refractivity contribution is 6.43. The molecule has 0 bridgehead atoms. The minimum Gasteiger partial charge on any atom is -0.495 e. The third-order valence-corrected chi connectivity index (χ3v) is 2.21. The van der Waals surface area contributed by atoms with Crippen LogP contribution in [-0.2, 0) is 4.74 Å². The Hall–Kier alpha value is -1.25. The molecule has 1 aliphatic rings. The maximum absolute atomic E-state index is 8.67. The van der Waals surface area contributed by atoms with E-state index >= 15 is 0 Å². The van der Waals surface area contributed by atoms with Crippen molar-refractivity contribution in [3.63, 3.8) is 0 Å². The highest BCUT2D eigenvalue weighted by atomic mass is 35.5. The summed E-state index contributed by atoms with van der Waals surface area (Å²) in [6.45, 7) is 2.47. The van der Waals surface area contributed by atoms with Gasteiger partial charge in [-0.3, -0.25) is 0 Å². The molecule has 0 heterocycles. The first-order valence-corrected chi connectivity index (χ1v) is 4.72. The fourth-order valence-electron chi connectivity index (χ4n) is 1.22. The molecule has 0 aromatic heterocycles. The minimum absolute atomic E-state index is 0.413. The van der Waals surface area contributed by atoms with Gasteiger partial charge in [-0.2, -0.15) is 4.79 Å². The molecule has 1 N–H and O–H groups in total. The number of likely N-dealkylation sites (N-methyl/N-ethyl adjacent to an activating group) is 1. The summed E-state index contributed by atoms with van der Waals surface area (Å²) in [6.07, 6.45) is 2.10. The zero-order valence-corrected chi connectivity index (χ0v) is 8.93. The number of rotatable bonds is 3. The molecule has 0 saturated carbocycles. The van der Waals surface area contributed by atoms with Gasteiger partial charge in [0.1, 0.15) is 17.2 Å². The molecule has 0 unspecified atom stereocenters. The van der Waals surface area contributed by atoms with Crippen LogP contribution in [0.5, 0.6) is 0 Å². The molecule has 1 aliphatic carbocycles. The Morgan fingerprint density at radius 1 is 1.71 bits per heavy atom. The van der Waals surface area contributed by atoms with Crippen molar-refractivity contribution in [2.45, 2.75) is 13.3 Å². The van der Waals surface area contributed by atoms with Crippen LogP contribution in [0.15, 0.2) is 22.6 Å². The molecule has 0 aromatic rings. The van der Waals surface area contributed by atoms with E-state index in [0.29, 0.717) is 23.8 Å². The van der Waals surface area contributed by atoms with Gasteiger partial charge in [-0.05, 0) is 13.0 Å². The van der Waals surface area contributed by atoms with Gasteiger partial charge in [-0.1, -0.05) is 11.6 Å². The lowest BCUT2D eigenvalue weighted by atomic mass is 10.1. The predicted octanol–water partition coefficient (Wildman–Crippen LogP) is 1.65. The predicted molar refractivity (Wildman–Crippen MR) is 54.9 cm³/mol. The molecule has 14 heavy (non-hydrogen) atoms. The summed E-state index contributed by atoms with van der Waals surface area (Å²) in [7, 11) is 1.79. The van der Waals surface area contributed by atoms with Crippen molar-refractivity contribution in [3.05, 3.63) is 28.1 Å². The van der Waals surface area contributed by atoms with Crippen molar-refractivity contribution in [3.8, 4) is 0 Å². The average molecular weight is 214 g/mol. The van der Waals surface area contributed by atoms with Crippen LogP contribution in [0, 0.1) is 0 Å². The SMILES string of the molecule is CCOC1=C(NC)C=C(Cl)C(=[N+]=[N-])C1. The molecule has 5 heteroatoms. The smallest absolute Gasteiger partial charge is 0.318 e. The molecular weight excluding hydrogens is 202 g/mol. The third kappa shape index (κ3) is 2.16. The Labute approximate surface area is 87.8 Å². The van der Waals surface area contributed by atoms with Crippen LogP contribution >= 0.6 is 11.6 Å². The zero-order chi connectivity index (χ0) is 10.6. The Balaban J connectivity index is 3.02. The maximum Gasteiger partial charge on any atom is 0.318 e. The number of hydrogen-bond donors (Lipinski definition) is 1. The van der Waals surface area contributed by atoms with Crippen molar-refractivity contribution in [2.24, 2.45) is 0 Å². The Bertz CT molecular complexity index is 340. The van der Waals surface area contributed by atoms with Crippen LogP contribution < -0.4 is 5.32 Å². The quantitative estimate of drug-likeness (QED) is 0.573. The van der Waals surface area contributed by atoms with Crippen molar-refractivity contribution >= 4 is 17.3 Å². The second-order valence-electron chi connectivity index (χ2n) is 2.74. The average Bonchev–Trinajstić information content (AvgIpc) is 2.20. The lowest BCUT2D eigenvalue weighted by Crippen LogP contribution is -2.18. The van der Waals surface area contributed by atoms with E-state index in [1.165, 1.54) is 0 Å². The van der Waals surface area contributed by atoms with E-state index < -0.39 is 0 Å². The van der Waals surface area contributed by atoms with Crippen molar-refractivity contribution < 1.29 is 9.53 Å². The zero-order valence-electron chi connectivity index (χ0n) is 8.17. The standard InChI is InChI=1S/C9H12ClN3O/c1-3-14-9-5-7(13-11)6(10)4-8(9)12-2/h4,12H,3,5H2,1-2H3. The van der Waals surface area contributed by atoms with E-state index in [0.717, 1.165) is 11.5 Å². The summed E-state index contributed by atoms with van der Waals surface area (Å²) in [5, 5.41) is 3.40. The van der Waals surface area contributed by atoms with Gasteiger partial charge in [-0.15, -0.1) is 0 Å². The normalized spacial score (nSPS) is 16.2. The molecule has 0 aromatic carbocycles. The summed E-state index contributed by atoms with van der Waals surface area (Å²) in [4.78, 5) is 3.10. The molecule has 0 spiro atoms. The molecule has 0 aliphatic heterocycles. The largest absolute Gasteiger partial charge is 0.495 e. The van der Waals surface area contributed by atoms with Crippen LogP contribution in [-0.4, -0.2) is 24.2 Å². The third-order valence-electron chi connectivity index (χ3n) is 1.88. The Morgan fingerprint density at radius 3 is 2.93 bits per heavy atom. The fraction of sp³-hybridized carbons (Fsp3) is 0.444. The van der Waals surface area contributed by atoms with Crippen LogP contribution in [0.2, 0.25) is 0 Å². The molecule has 0 amide bonds. The number of ether oxygens (including phenoxy) is 1. The van der Waals surface area contributed by atoms with Crippen molar-refractivity contribution in [1.82, 2.24) is 5.32 Å². The molecule has 0 atom stereocenters. The number of halogens is 1. The first kappa shape index (κ1) is 10.8. The number of hydrogen-bond acceptors (Lipinski definition) is 2. The summed E-state index contributed by atoms with van der Waals surface area (Å²) >= 11 is 5.86. The molecule has 0 fully saturated rings.